The Kier molecular flexibility index (Phi) is 7.48. The smallest absolute Gasteiger partial charge is 0.236 e. The molecule has 1 amide bonds. The molecule has 4 aromatic rings. The lowest BCUT2D eigenvalue weighted by Crippen LogP contribution is -2.57. The molecule has 0 saturated carbocycles. The Morgan fingerprint density at radius 3 is 2.60 bits per heavy atom. The molecule has 0 radical (unpaired) electrons. The van der Waals surface area contributed by atoms with Crippen LogP contribution in [0, 0.1) is 23.0 Å². The van der Waals surface area contributed by atoms with Crippen LogP contribution in [-0.4, -0.2) is 99.4 Å². The molecular formula is C28H29F2N9O2S. The van der Waals surface area contributed by atoms with Crippen molar-refractivity contribution in [3.05, 3.63) is 52.7 Å². The third-order valence-corrected chi connectivity index (χ3v) is 8.69. The van der Waals surface area contributed by atoms with E-state index in [2.05, 4.69) is 20.9 Å². The van der Waals surface area contributed by atoms with Gasteiger partial charge in [-0.15, -0.1) is 0 Å². The van der Waals surface area contributed by atoms with E-state index in [4.69, 9.17) is 10.1 Å². The van der Waals surface area contributed by atoms with Crippen LogP contribution in [0.5, 0.6) is 0 Å². The lowest BCUT2D eigenvalue weighted by molar-refractivity contribution is -0.142. The van der Waals surface area contributed by atoms with Crippen molar-refractivity contribution in [3.63, 3.8) is 0 Å². The predicted octanol–water partition coefficient (Wildman–Crippen LogP) is 2.66. The van der Waals surface area contributed by atoms with Crippen molar-refractivity contribution in [2.45, 2.75) is 19.4 Å². The third-order valence-electron chi connectivity index (χ3n) is 7.65. The van der Waals surface area contributed by atoms with E-state index in [0.717, 1.165) is 40.7 Å². The maximum absolute atomic E-state index is 13.9. The summed E-state index contributed by atoms with van der Waals surface area (Å²) in [5, 5.41) is 24.4. The number of carbonyl (C=O) groups excluding carboxylic acids is 1. The van der Waals surface area contributed by atoms with Gasteiger partial charge in [-0.1, -0.05) is 18.3 Å². The Labute approximate surface area is 244 Å². The van der Waals surface area contributed by atoms with Crippen molar-refractivity contribution in [2.24, 2.45) is 0 Å². The van der Waals surface area contributed by atoms with Crippen molar-refractivity contribution in [1.82, 2.24) is 29.4 Å². The summed E-state index contributed by atoms with van der Waals surface area (Å²) < 4.78 is 29.2. The number of fused-ring (bicyclic) bond motifs is 1. The molecule has 3 aromatic heterocycles. The number of aliphatic hydroxyl groups excluding tert-OH is 1. The van der Waals surface area contributed by atoms with E-state index < -0.39 is 17.7 Å². The van der Waals surface area contributed by atoms with Crippen molar-refractivity contribution in [3.8, 4) is 17.3 Å². The Morgan fingerprint density at radius 1 is 1.17 bits per heavy atom. The summed E-state index contributed by atoms with van der Waals surface area (Å²) in [6.07, 6.45) is 2.10. The van der Waals surface area contributed by atoms with Crippen LogP contribution in [0.2, 0.25) is 0 Å². The predicted molar refractivity (Wildman–Crippen MR) is 154 cm³/mol. The number of nitrogens with zero attached hydrogens (tertiary/aromatic N) is 9. The number of likely N-dealkylation sites (tertiary alicyclic amines) is 1. The summed E-state index contributed by atoms with van der Waals surface area (Å²) >= 11 is 1.16. The van der Waals surface area contributed by atoms with E-state index in [-0.39, 0.29) is 16.5 Å². The number of nitriles is 1. The second-order valence-corrected chi connectivity index (χ2v) is 11.4. The van der Waals surface area contributed by atoms with E-state index in [9.17, 15) is 23.9 Å². The lowest BCUT2D eigenvalue weighted by Gasteiger charge is -2.39. The highest BCUT2D eigenvalue weighted by atomic mass is 32.1. The molecule has 2 fully saturated rings. The van der Waals surface area contributed by atoms with Gasteiger partial charge in [-0.25, -0.2) is 23.3 Å². The van der Waals surface area contributed by atoms with Gasteiger partial charge in [0, 0.05) is 58.1 Å². The zero-order valence-corrected chi connectivity index (χ0v) is 24.0. The van der Waals surface area contributed by atoms with E-state index in [1.807, 2.05) is 31.1 Å². The largest absolute Gasteiger partial charge is 0.389 e. The van der Waals surface area contributed by atoms with E-state index >= 15 is 0 Å². The molecule has 2 aliphatic heterocycles. The van der Waals surface area contributed by atoms with Gasteiger partial charge >= 0.3 is 0 Å². The molecule has 0 atom stereocenters. The summed E-state index contributed by atoms with van der Waals surface area (Å²) in [7, 11) is 1.83. The van der Waals surface area contributed by atoms with Gasteiger partial charge < -0.3 is 19.8 Å². The zero-order valence-electron chi connectivity index (χ0n) is 23.2. The molecule has 218 valence electrons. The average molecular weight is 594 g/mol. The topological polar surface area (TPSA) is 117 Å². The van der Waals surface area contributed by atoms with Gasteiger partial charge in [0.05, 0.1) is 18.3 Å². The highest BCUT2D eigenvalue weighted by Crippen LogP contribution is 2.38. The van der Waals surface area contributed by atoms with Crippen LogP contribution >= 0.6 is 11.3 Å². The summed E-state index contributed by atoms with van der Waals surface area (Å²) in [6, 6.07) is 7.52. The first-order valence-electron chi connectivity index (χ1n) is 13.7. The number of rotatable bonds is 7. The van der Waals surface area contributed by atoms with Crippen LogP contribution in [0.1, 0.15) is 17.5 Å². The van der Waals surface area contributed by atoms with Gasteiger partial charge in [0.15, 0.2) is 22.4 Å². The molecule has 0 aliphatic carbocycles. The third kappa shape index (κ3) is 5.15. The van der Waals surface area contributed by atoms with Gasteiger partial charge in [-0.05, 0) is 30.7 Å². The minimum Gasteiger partial charge on any atom is -0.389 e. The van der Waals surface area contributed by atoms with Gasteiger partial charge in [0.2, 0.25) is 5.91 Å². The quantitative estimate of drug-likeness (QED) is 0.345. The van der Waals surface area contributed by atoms with Crippen LogP contribution < -0.4 is 9.80 Å². The number of benzene rings is 1. The minimum atomic E-state index is -1.00. The molecule has 11 nitrogen and oxygen atoms in total. The average Bonchev–Trinajstić information content (AvgIpc) is 3.58. The standard InChI is InChI=1S/C28H29F2N9O2S/c1-3-21-26(35(2)28-33-25(22(13-31)42-28)17-4-5-19(29)20(30)12-17)27-32-23(6-7-39(27)34-21)37-10-8-36(9-11-37)16-24(41)38-14-18(40)15-38/h4-7,12,18,40H,3,8-11,14-16H2,1-2H3. The normalized spacial score (nSPS) is 16.1. The molecule has 0 spiro atoms. The number of piperazine rings is 1. The molecule has 2 saturated heterocycles. The van der Waals surface area contributed by atoms with Gasteiger partial charge in [0.25, 0.3) is 0 Å². The van der Waals surface area contributed by atoms with Crippen LogP contribution in [0.3, 0.4) is 0 Å². The van der Waals surface area contributed by atoms with Gasteiger partial charge in [0.1, 0.15) is 28.1 Å². The number of carbonyl (C=O) groups is 1. The monoisotopic (exact) mass is 593 g/mol. The van der Waals surface area contributed by atoms with Crippen LogP contribution in [-0.2, 0) is 11.2 Å². The lowest BCUT2D eigenvalue weighted by atomic mass is 10.1. The number of aliphatic hydroxyl groups is 1. The van der Waals surface area contributed by atoms with Gasteiger partial charge in [-0.3, -0.25) is 9.69 Å². The van der Waals surface area contributed by atoms with Crippen molar-refractivity contribution < 1.29 is 18.7 Å². The fourth-order valence-electron chi connectivity index (χ4n) is 5.26. The Balaban J connectivity index is 1.24. The maximum Gasteiger partial charge on any atom is 0.236 e. The highest BCUT2D eigenvalue weighted by Gasteiger charge is 2.31. The molecule has 1 aromatic carbocycles. The molecule has 5 heterocycles. The number of anilines is 3. The molecule has 0 unspecified atom stereocenters. The number of thiazole rings is 1. The van der Waals surface area contributed by atoms with Crippen molar-refractivity contribution in [2.75, 3.05) is 62.7 Å². The van der Waals surface area contributed by atoms with Gasteiger partial charge in [-0.2, -0.15) is 10.4 Å². The second kappa shape index (κ2) is 11.2. The number of aromatic nitrogens is 4. The zero-order chi connectivity index (χ0) is 29.5. The molecule has 0 bridgehead atoms. The molecule has 2 aliphatic rings. The highest BCUT2D eigenvalue weighted by molar-refractivity contribution is 7.16. The number of hydrogen-bond acceptors (Lipinski definition) is 10. The summed E-state index contributed by atoms with van der Waals surface area (Å²) in [4.78, 5) is 30.1. The first kappa shape index (κ1) is 28.0. The van der Waals surface area contributed by atoms with Crippen LogP contribution in [0.4, 0.5) is 25.4 Å². The SMILES string of the molecule is CCc1nn2ccc(N3CCN(CC(=O)N4CC(O)C4)CC3)nc2c1N(C)c1nc(-c2ccc(F)c(F)c2)c(C#N)s1. The first-order valence-corrected chi connectivity index (χ1v) is 14.5. The second-order valence-electron chi connectivity index (χ2n) is 10.4. The molecule has 1 N–H and O–H groups in total. The number of β-amino-alcohol motifs (C(OH)–C–C–N with tert-alkyl or cyclic N) is 1. The molecular weight excluding hydrogens is 564 g/mol. The number of amides is 1. The first-order chi connectivity index (χ1) is 20.2. The maximum atomic E-state index is 13.9. The summed E-state index contributed by atoms with van der Waals surface area (Å²) in [6.45, 7) is 5.99. The Morgan fingerprint density at radius 2 is 1.93 bits per heavy atom. The summed E-state index contributed by atoms with van der Waals surface area (Å²) in [5.74, 6) is -1.14. The fraction of sp³-hybridized carbons (Fsp3) is 0.393. The fourth-order valence-corrected chi connectivity index (χ4v) is 6.11. The Bertz CT molecular complexity index is 1690. The number of aryl methyl sites for hydroxylation is 1. The van der Waals surface area contributed by atoms with Crippen molar-refractivity contribution in [1.29, 1.82) is 5.26 Å². The van der Waals surface area contributed by atoms with E-state index in [0.29, 0.717) is 68.6 Å². The molecule has 42 heavy (non-hydrogen) atoms. The van der Waals surface area contributed by atoms with E-state index in [1.165, 1.54) is 6.07 Å². The molecule has 14 heteroatoms. The van der Waals surface area contributed by atoms with Crippen LogP contribution in [0.15, 0.2) is 30.5 Å². The number of hydrogen-bond donors (Lipinski definition) is 1. The van der Waals surface area contributed by atoms with Crippen molar-refractivity contribution >= 4 is 39.5 Å². The van der Waals surface area contributed by atoms with E-state index in [1.54, 1.807) is 9.42 Å². The summed E-state index contributed by atoms with van der Waals surface area (Å²) in [5.41, 5.74) is 2.78. The number of halogens is 2. The van der Waals surface area contributed by atoms with Crippen LogP contribution in [0.25, 0.3) is 16.9 Å². The molecule has 6 rings (SSSR count). The Hall–Kier alpha value is -4.19. The minimum absolute atomic E-state index is 0.0433.